The number of amides is 2. The van der Waals surface area contributed by atoms with Crippen molar-refractivity contribution < 1.29 is 9.59 Å². The fourth-order valence-electron chi connectivity index (χ4n) is 2.87. The lowest BCUT2D eigenvalue weighted by molar-refractivity contribution is -0.127. The van der Waals surface area contributed by atoms with Crippen LogP contribution in [0.5, 0.6) is 0 Å². The summed E-state index contributed by atoms with van der Waals surface area (Å²) in [6.45, 7) is 4.19. The minimum Gasteiger partial charge on any atom is -0.359 e. The van der Waals surface area contributed by atoms with Crippen LogP contribution >= 0.6 is 11.3 Å². The van der Waals surface area contributed by atoms with Crippen LogP contribution < -0.4 is 15.8 Å². The molecule has 1 aromatic heterocycles. The average molecular weight is 344 g/mol. The first-order chi connectivity index (χ1) is 11.5. The standard InChI is InChI=1S/C17H20N4O2S/c1-11-10-24-17(18-11)8-15(22)19-20-16(23)9-21-12(2)7-13-5-3-4-6-14(13)21/h3-6,10,12H,7-9H2,1-2H3,(H,19,22)(H,20,23). The third-order valence-electron chi connectivity index (χ3n) is 3.98. The van der Waals surface area contributed by atoms with Crippen LogP contribution in [0.3, 0.4) is 0 Å². The lowest BCUT2D eigenvalue weighted by Gasteiger charge is -2.24. The number of nitrogens with one attached hydrogen (secondary N) is 2. The summed E-state index contributed by atoms with van der Waals surface area (Å²) in [4.78, 5) is 30.3. The van der Waals surface area contributed by atoms with Crippen molar-refractivity contribution in [3.05, 3.63) is 45.9 Å². The highest BCUT2D eigenvalue weighted by Gasteiger charge is 2.27. The summed E-state index contributed by atoms with van der Waals surface area (Å²) in [6.07, 6.45) is 1.10. The summed E-state index contributed by atoms with van der Waals surface area (Å²) in [7, 11) is 0. The number of anilines is 1. The van der Waals surface area contributed by atoms with Crippen LogP contribution in [-0.2, 0) is 22.4 Å². The first-order valence-corrected chi connectivity index (χ1v) is 8.74. The number of rotatable bonds is 4. The van der Waals surface area contributed by atoms with Crippen molar-refractivity contribution in [2.45, 2.75) is 32.7 Å². The average Bonchev–Trinajstić information content (AvgIpc) is 3.09. The molecule has 0 bridgehead atoms. The molecule has 0 saturated heterocycles. The smallest absolute Gasteiger partial charge is 0.257 e. The van der Waals surface area contributed by atoms with Crippen LogP contribution in [0.25, 0.3) is 0 Å². The summed E-state index contributed by atoms with van der Waals surface area (Å²) < 4.78 is 0. The number of aromatic nitrogens is 1. The van der Waals surface area contributed by atoms with E-state index < -0.39 is 0 Å². The number of hydrazine groups is 1. The fourth-order valence-corrected chi connectivity index (χ4v) is 3.64. The van der Waals surface area contributed by atoms with Gasteiger partial charge < -0.3 is 4.90 Å². The largest absolute Gasteiger partial charge is 0.359 e. The van der Waals surface area contributed by atoms with E-state index in [1.165, 1.54) is 16.9 Å². The van der Waals surface area contributed by atoms with E-state index >= 15 is 0 Å². The van der Waals surface area contributed by atoms with Gasteiger partial charge in [-0.15, -0.1) is 11.3 Å². The molecule has 126 valence electrons. The Morgan fingerprint density at radius 1 is 1.29 bits per heavy atom. The maximum atomic E-state index is 12.1. The van der Waals surface area contributed by atoms with E-state index in [4.69, 9.17) is 0 Å². The van der Waals surface area contributed by atoms with E-state index in [1.54, 1.807) is 0 Å². The van der Waals surface area contributed by atoms with E-state index in [1.807, 2.05) is 30.5 Å². The van der Waals surface area contributed by atoms with Crippen LogP contribution in [0.1, 0.15) is 23.2 Å². The van der Waals surface area contributed by atoms with E-state index in [0.29, 0.717) is 0 Å². The molecule has 3 rings (SSSR count). The Morgan fingerprint density at radius 3 is 2.79 bits per heavy atom. The number of para-hydroxylation sites is 1. The molecular formula is C17H20N4O2S. The fraction of sp³-hybridized carbons (Fsp3) is 0.353. The number of fused-ring (bicyclic) bond motifs is 1. The Morgan fingerprint density at radius 2 is 2.04 bits per heavy atom. The Labute approximate surface area is 144 Å². The zero-order valence-electron chi connectivity index (χ0n) is 13.7. The molecule has 7 heteroatoms. The quantitative estimate of drug-likeness (QED) is 0.826. The zero-order chi connectivity index (χ0) is 17.1. The molecule has 0 aliphatic carbocycles. The number of carbonyl (C=O) groups is 2. The van der Waals surface area contributed by atoms with E-state index in [9.17, 15) is 9.59 Å². The second kappa shape index (κ2) is 7.00. The highest BCUT2D eigenvalue weighted by Crippen LogP contribution is 2.31. The molecule has 1 aliphatic heterocycles. The molecule has 1 atom stereocenters. The summed E-state index contributed by atoms with van der Waals surface area (Å²) in [5.41, 5.74) is 8.17. The van der Waals surface area contributed by atoms with Crippen molar-refractivity contribution in [3.8, 4) is 0 Å². The van der Waals surface area contributed by atoms with Crippen LogP contribution in [0, 0.1) is 6.92 Å². The predicted molar refractivity (Wildman–Crippen MR) is 93.8 cm³/mol. The predicted octanol–water partition coefficient (Wildman–Crippen LogP) is 1.59. The molecule has 0 fully saturated rings. The lowest BCUT2D eigenvalue weighted by atomic mass is 10.1. The third kappa shape index (κ3) is 3.73. The van der Waals surface area contributed by atoms with Gasteiger partial charge in [-0.2, -0.15) is 0 Å². The van der Waals surface area contributed by atoms with Crippen LogP contribution in [0.15, 0.2) is 29.6 Å². The molecule has 2 N–H and O–H groups in total. The SMILES string of the molecule is Cc1csc(CC(=O)NNC(=O)CN2c3ccccc3CC2C)n1. The molecule has 1 unspecified atom stereocenters. The van der Waals surface area contributed by atoms with Crippen LogP contribution in [0.2, 0.25) is 0 Å². The molecule has 2 aromatic rings. The van der Waals surface area contributed by atoms with Crippen molar-refractivity contribution in [1.29, 1.82) is 0 Å². The van der Waals surface area contributed by atoms with Crippen LogP contribution in [-0.4, -0.2) is 29.4 Å². The number of benzene rings is 1. The van der Waals surface area contributed by atoms with Crippen molar-refractivity contribution in [2.24, 2.45) is 0 Å². The number of nitrogens with zero attached hydrogens (tertiary/aromatic N) is 2. The molecule has 0 saturated carbocycles. The first kappa shape index (κ1) is 16.4. The Kier molecular flexibility index (Phi) is 4.80. The molecule has 2 heterocycles. The number of hydrogen-bond acceptors (Lipinski definition) is 5. The highest BCUT2D eigenvalue weighted by molar-refractivity contribution is 7.09. The van der Waals surface area contributed by atoms with Gasteiger partial charge in [-0.1, -0.05) is 18.2 Å². The molecular weight excluding hydrogens is 324 g/mol. The summed E-state index contributed by atoms with van der Waals surface area (Å²) in [6, 6.07) is 8.36. The maximum absolute atomic E-state index is 12.1. The van der Waals surface area contributed by atoms with Crippen LogP contribution in [0.4, 0.5) is 5.69 Å². The van der Waals surface area contributed by atoms with Gasteiger partial charge in [-0.25, -0.2) is 4.98 Å². The lowest BCUT2D eigenvalue weighted by Crippen LogP contribution is -2.48. The van der Waals surface area contributed by atoms with E-state index in [-0.39, 0.29) is 30.8 Å². The van der Waals surface area contributed by atoms with E-state index in [0.717, 1.165) is 22.8 Å². The Bertz CT molecular complexity index is 759. The van der Waals surface area contributed by atoms with Gasteiger partial charge in [-0.3, -0.25) is 20.4 Å². The number of aryl methyl sites for hydroxylation is 1. The van der Waals surface area contributed by atoms with Gasteiger partial charge in [0.25, 0.3) is 5.91 Å². The minimum absolute atomic E-state index is 0.168. The number of carbonyl (C=O) groups excluding carboxylic acids is 2. The molecule has 1 aromatic carbocycles. The monoisotopic (exact) mass is 344 g/mol. The molecule has 2 amide bonds. The third-order valence-corrected chi connectivity index (χ3v) is 4.95. The van der Waals surface area contributed by atoms with Crippen molar-refractivity contribution in [3.63, 3.8) is 0 Å². The van der Waals surface area contributed by atoms with Gasteiger partial charge in [0.15, 0.2) is 0 Å². The maximum Gasteiger partial charge on any atom is 0.257 e. The molecule has 0 radical (unpaired) electrons. The topological polar surface area (TPSA) is 74.3 Å². The van der Waals surface area contributed by atoms with Gasteiger partial charge in [0.05, 0.1) is 13.0 Å². The normalized spacial score (nSPS) is 15.9. The van der Waals surface area contributed by atoms with Gasteiger partial charge in [0, 0.05) is 22.8 Å². The first-order valence-electron chi connectivity index (χ1n) is 7.86. The van der Waals surface area contributed by atoms with Gasteiger partial charge >= 0.3 is 0 Å². The van der Waals surface area contributed by atoms with Gasteiger partial charge in [-0.05, 0) is 31.9 Å². The molecule has 0 spiro atoms. The summed E-state index contributed by atoms with van der Waals surface area (Å²) in [5.74, 6) is -0.505. The summed E-state index contributed by atoms with van der Waals surface area (Å²) in [5, 5.41) is 2.63. The second-order valence-electron chi connectivity index (χ2n) is 5.97. The summed E-state index contributed by atoms with van der Waals surface area (Å²) >= 11 is 1.44. The molecule has 1 aliphatic rings. The highest BCUT2D eigenvalue weighted by atomic mass is 32.1. The molecule has 6 nitrogen and oxygen atoms in total. The minimum atomic E-state index is -0.271. The number of thiazole rings is 1. The van der Waals surface area contributed by atoms with Crippen molar-refractivity contribution in [2.75, 3.05) is 11.4 Å². The Hall–Kier alpha value is -2.41. The van der Waals surface area contributed by atoms with Crippen molar-refractivity contribution >= 4 is 28.8 Å². The van der Waals surface area contributed by atoms with Gasteiger partial charge in [0.2, 0.25) is 5.91 Å². The zero-order valence-corrected chi connectivity index (χ0v) is 14.5. The van der Waals surface area contributed by atoms with E-state index in [2.05, 4.69) is 33.7 Å². The van der Waals surface area contributed by atoms with Crippen molar-refractivity contribution in [1.82, 2.24) is 15.8 Å². The number of hydrogen-bond donors (Lipinski definition) is 2. The van der Waals surface area contributed by atoms with Gasteiger partial charge in [0.1, 0.15) is 5.01 Å². The second-order valence-corrected chi connectivity index (χ2v) is 6.91. The molecule has 24 heavy (non-hydrogen) atoms. The Balaban J connectivity index is 1.50.